The number of nitrogens with zero attached hydrogens (tertiary/aromatic N) is 2. The second-order valence-corrected chi connectivity index (χ2v) is 3.47. The largest absolute Gasteiger partial charge is 0.373 e. The lowest BCUT2D eigenvalue weighted by molar-refractivity contribution is -0.116. The summed E-state index contributed by atoms with van der Waals surface area (Å²) in [6, 6.07) is 3.62. The van der Waals surface area contributed by atoms with Gasteiger partial charge in [-0.3, -0.25) is 4.79 Å². The highest BCUT2D eigenvalue weighted by atomic mass is 35.5. The van der Waals surface area contributed by atoms with Gasteiger partial charge in [-0.2, -0.15) is 0 Å². The zero-order valence-corrected chi connectivity index (χ0v) is 10.5. The van der Waals surface area contributed by atoms with Crippen LogP contribution < -0.4 is 10.6 Å². The van der Waals surface area contributed by atoms with Gasteiger partial charge in [-0.05, 0) is 26.2 Å². The van der Waals surface area contributed by atoms with Gasteiger partial charge in [-0.15, -0.1) is 12.4 Å². The Hall–Kier alpha value is -1.33. The maximum absolute atomic E-state index is 11.4. The summed E-state index contributed by atoms with van der Waals surface area (Å²) in [5, 5.41) is 5.66. The van der Waals surface area contributed by atoms with Crippen molar-refractivity contribution in [3.8, 4) is 0 Å². The van der Waals surface area contributed by atoms with Crippen LogP contribution in [0.15, 0.2) is 18.3 Å². The molecule has 5 nitrogen and oxygen atoms in total. The zero-order chi connectivity index (χ0) is 11.3. The number of carbonyl (C=O) groups excluding carboxylic acids is 1. The zero-order valence-electron chi connectivity index (χ0n) is 9.65. The van der Waals surface area contributed by atoms with Crippen LogP contribution in [0.25, 0.3) is 0 Å². The van der Waals surface area contributed by atoms with Crippen LogP contribution in [0, 0.1) is 0 Å². The third-order valence-corrected chi connectivity index (χ3v) is 1.76. The fourth-order valence-electron chi connectivity index (χ4n) is 1.10. The van der Waals surface area contributed by atoms with E-state index in [2.05, 4.69) is 15.6 Å². The number of anilines is 2. The van der Waals surface area contributed by atoms with Crippen molar-refractivity contribution in [2.24, 2.45) is 0 Å². The van der Waals surface area contributed by atoms with E-state index in [4.69, 9.17) is 0 Å². The first-order chi connectivity index (χ1) is 7.11. The first-order valence-electron chi connectivity index (χ1n) is 4.70. The Kier molecular flexibility index (Phi) is 6.44. The molecule has 0 radical (unpaired) electrons. The predicted octanol–water partition coefficient (Wildman–Crippen LogP) is 1.05. The Morgan fingerprint density at radius 3 is 2.56 bits per heavy atom. The van der Waals surface area contributed by atoms with Crippen molar-refractivity contribution in [1.29, 1.82) is 0 Å². The van der Waals surface area contributed by atoms with Gasteiger partial charge in [0, 0.05) is 7.05 Å². The van der Waals surface area contributed by atoms with Gasteiger partial charge in [0.05, 0.1) is 18.4 Å². The lowest BCUT2D eigenvalue weighted by Gasteiger charge is -2.09. The average Bonchev–Trinajstić information content (AvgIpc) is 2.17. The molecule has 0 aromatic carbocycles. The molecule has 0 saturated heterocycles. The molecule has 0 atom stereocenters. The third kappa shape index (κ3) is 4.95. The van der Waals surface area contributed by atoms with Crippen LogP contribution in [-0.2, 0) is 4.79 Å². The molecular weight excluding hydrogens is 228 g/mol. The lowest BCUT2D eigenvalue weighted by Crippen LogP contribution is -2.27. The van der Waals surface area contributed by atoms with Gasteiger partial charge >= 0.3 is 0 Å². The Morgan fingerprint density at radius 2 is 2.12 bits per heavy atom. The smallest absolute Gasteiger partial charge is 0.238 e. The van der Waals surface area contributed by atoms with Crippen molar-refractivity contribution in [3.63, 3.8) is 0 Å². The molecule has 0 fully saturated rings. The molecule has 0 aliphatic heterocycles. The number of aromatic nitrogens is 1. The minimum absolute atomic E-state index is 0. The number of likely N-dealkylation sites (N-methyl/N-ethyl adjacent to an activating group) is 1. The average molecular weight is 245 g/mol. The number of nitrogens with one attached hydrogen (secondary N) is 2. The monoisotopic (exact) mass is 244 g/mol. The first-order valence-corrected chi connectivity index (χ1v) is 4.70. The molecule has 0 saturated carbocycles. The Morgan fingerprint density at radius 1 is 1.44 bits per heavy atom. The summed E-state index contributed by atoms with van der Waals surface area (Å²) in [6.45, 7) is 0.369. The predicted molar refractivity (Wildman–Crippen MR) is 68.2 cm³/mol. The van der Waals surface area contributed by atoms with Crippen LogP contribution in [0.5, 0.6) is 0 Å². The second-order valence-electron chi connectivity index (χ2n) is 3.47. The Labute approximate surface area is 102 Å². The summed E-state index contributed by atoms with van der Waals surface area (Å²) in [7, 11) is 5.50. The molecule has 0 aliphatic rings. The SMILES string of the molecule is CNc1ccc(NC(=O)CN(C)C)cn1.Cl. The van der Waals surface area contributed by atoms with E-state index in [1.165, 1.54) is 0 Å². The maximum Gasteiger partial charge on any atom is 0.238 e. The molecule has 90 valence electrons. The second kappa shape index (κ2) is 7.03. The molecule has 1 heterocycles. The molecule has 2 N–H and O–H groups in total. The number of hydrogen-bond acceptors (Lipinski definition) is 4. The molecule has 1 aromatic rings. The topological polar surface area (TPSA) is 57.3 Å². The van der Waals surface area contributed by atoms with E-state index < -0.39 is 0 Å². The highest BCUT2D eigenvalue weighted by Gasteiger charge is 2.03. The summed E-state index contributed by atoms with van der Waals surface area (Å²) < 4.78 is 0. The van der Waals surface area contributed by atoms with E-state index in [-0.39, 0.29) is 18.3 Å². The van der Waals surface area contributed by atoms with E-state index in [0.29, 0.717) is 12.2 Å². The fraction of sp³-hybridized carbons (Fsp3) is 0.400. The standard InChI is InChI=1S/C10H16N4O.ClH/c1-11-9-5-4-8(6-12-9)13-10(15)7-14(2)3;/h4-6H,7H2,1-3H3,(H,11,12)(H,13,15);1H. The number of amides is 1. The minimum atomic E-state index is -0.0426. The molecule has 1 rings (SSSR count). The van der Waals surface area contributed by atoms with Gasteiger partial charge in [-0.25, -0.2) is 4.98 Å². The molecular formula is C10H17ClN4O. The Bertz CT molecular complexity index is 326. The quantitative estimate of drug-likeness (QED) is 0.831. The van der Waals surface area contributed by atoms with Crippen LogP contribution in [0.1, 0.15) is 0 Å². The number of hydrogen-bond donors (Lipinski definition) is 2. The molecule has 16 heavy (non-hydrogen) atoms. The number of pyridine rings is 1. The van der Waals surface area contributed by atoms with E-state index in [1.54, 1.807) is 13.2 Å². The summed E-state index contributed by atoms with van der Waals surface area (Å²) in [5.74, 6) is 0.736. The first kappa shape index (κ1) is 14.7. The summed E-state index contributed by atoms with van der Waals surface area (Å²) >= 11 is 0. The van der Waals surface area contributed by atoms with Crippen LogP contribution in [0.2, 0.25) is 0 Å². The number of carbonyl (C=O) groups is 1. The van der Waals surface area contributed by atoms with Crippen molar-refractivity contribution >= 4 is 29.8 Å². The maximum atomic E-state index is 11.4. The fourth-order valence-corrected chi connectivity index (χ4v) is 1.10. The van der Waals surface area contributed by atoms with Gasteiger partial charge < -0.3 is 15.5 Å². The molecule has 1 aromatic heterocycles. The molecule has 0 unspecified atom stereocenters. The van der Waals surface area contributed by atoms with Crippen LogP contribution in [0.4, 0.5) is 11.5 Å². The number of rotatable bonds is 4. The van der Waals surface area contributed by atoms with Crippen LogP contribution in [0.3, 0.4) is 0 Å². The van der Waals surface area contributed by atoms with E-state index in [0.717, 1.165) is 5.82 Å². The highest BCUT2D eigenvalue weighted by Crippen LogP contribution is 2.08. The normalized spacial score (nSPS) is 9.50. The summed E-state index contributed by atoms with van der Waals surface area (Å²) in [5.41, 5.74) is 0.709. The third-order valence-electron chi connectivity index (χ3n) is 1.76. The summed E-state index contributed by atoms with van der Waals surface area (Å²) in [4.78, 5) is 17.3. The van der Waals surface area contributed by atoms with Gasteiger partial charge in [0.2, 0.25) is 5.91 Å². The molecule has 1 amide bonds. The van der Waals surface area contributed by atoms with Crippen molar-refractivity contribution in [2.75, 3.05) is 38.3 Å². The van der Waals surface area contributed by atoms with E-state index in [9.17, 15) is 4.79 Å². The van der Waals surface area contributed by atoms with Crippen LogP contribution >= 0.6 is 12.4 Å². The Balaban J connectivity index is 0.00000225. The highest BCUT2D eigenvalue weighted by molar-refractivity contribution is 5.92. The van der Waals surface area contributed by atoms with Crippen molar-refractivity contribution in [1.82, 2.24) is 9.88 Å². The van der Waals surface area contributed by atoms with Gasteiger partial charge in [0.15, 0.2) is 0 Å². The lowest BCUT2D eigenvalue weighted by atomic mass is 10.4. The minimum Gasteiger partial charge on any atom is -0.373 e. The van der Waals surface area contributed by atoms with Crippen molar-refractivity contribution in [3.05, 3.63) is 18.3 Å². The molecule has 0 aliphatic carbocycles. The van der Waals surface area contributed by atoms with Crippen LogP contribution in [-0.4, -0.2) is 43.5 Å². The van der Waals surface area contributed by atoms with E-state index in [1.807, 2.05) is 31.1 Å². The molecule has 6 heteroatoms. The summed E-state index contributed by atoms with van der Waals surface area (Å²) in [6.07, 6.45) is 1.62. The molecule has 0 spiro atoms. The van der Waals surface area contributed by atoms with Crippen molar-refractivity contribution in [2.45, 2.75) is 0 Å². The van der Waals surface area contributed by atoms with Gasteiger partial charge in [-0.1, -0.05) is 0 Å². The van der Waals surface area contributed by atoms with Crippen molar-refractivity contribution < 1.29 is 4.79 Å². The van der Waals surface area contributed by atoms with Gasteiger partial charge in [0.25, 0.3) is 0 Å². The molecule has 0 bridgehead atoms. The van der Waals surface area contributed by atoms with Gasteiger partial charge in [0.1, 0.15) is 5.82 Å². The number of halogens is 1. The van der Waals surface area contributed by atoms with E-state index >= 15 is 0 Å².